The summed E-state index contributed by atoms with van der Waals surface area (Å²) in [6.45, 7) is 5.96. The number of nitrogens with two attached hydrogens (primary N) is 1. The molecule has 2 aromatic carbocycles. The number of hydrogen-bond donors (Lipinski definition) is 7. The van der Waals surface area contributed by atoms with E-state index in [1.807, 2.05) is 0 Å². The van der Waals surface area contributed by atoms with Crippen molar-refractivity contribution >= 4 is 84.1 Å². The van der Waals surface area contributed by atoms with Crippen LogP contribution in [0.15, 0.2) is 140 Å². The van der Waals surface area contributed by atoms with Gasteiger partial charge in [0, 0.05) is 52.4 Å². The van der Waals surface area contributed by atoms with Crippen LogP contribution in [0.4, 0.5) is 26.3 Å². The van der Waals surface area contributed by atoms with Crippen molar-refractivity contribution in [3.8, 4) is 0 Å². The van der Waals surface area contributed by atoms with Crippen molar-refractivity contribution in [1.29, 1.82) is 0 Å². The number of nitrogens with zero attached hydrogens (tertiary/aromatic N) is 3. The predicted molar refractivity (Wildman–Crippen MR) is 307 cm³/mol. The Morgan fingerprint density at radius 3 is 1.19 bits per heavy atom. The number of furan rings is 4. The van der Waals surface area contributed by atoms with Crippen LogP contribution in [0.25, 0.3) is 0 Å². The van der Waals surface area contributed by atoms with Gasteiger partial charge in [0.05, 0.1) is 73.6 Å². The molecule has 8 rings (SSSR count). The highest BCUT2D eigenvalue weighted by atomic mass is 35.5. The molecule has 0 spiro atoms. The van der Waals surface area contributed by atoms with E-state index in [9.17, 15) is 74.3 Å². The topological polar surface area (TPSA) is 366 Å². The predicted octanol–water partition coefficient (Wildman–Crippen LogP) is 5.76. The lowest BCUT2D eigenvalue weighted by Gasteiger charge is -2.35. The highest BCUT2D eigenvalue weighted by Gasteiger charge is 2.38. The van der Waals surface area contributed by atoms with Gasteiger partial charge in [-0.25, -0.2) is 4.79 Å². The lowest BCUT2D eigenvalue weighted by atomic mass is 10.1. The van der Waals surface area contributed by atoms with Crippen molar-refractivity contribution in [3.63, 3.8) is 0 Å². The number of hydrogen-bond acceptors (Lipinski definition) is 18. The minimum absolute atomic E-state index is 0. The zero-order valence-electron chi connectivity index (χ0n) is 47.9. The molecule has 2 aliphatic rings. The lowest BCUT2D eigenvalue weighted by Crippen LogP contribution is -2.52. The summed E-state index contributed by atoms with van der Waals surface area (Å²) >= 11 is 0. The Bertz CT molecular complexity index is 3160. The number of aromatic carboxylic acids is 1. The van der Waals surface area contributed by atoms with Gasteiger partial charge < -0.3 is 79.1 Å². The number of amides is 6. The first-order valence-electron chi connectivity index (χ1n) is 26.2. The zero-order chi connectivity index (χ0) is 65.2. The molecule has 0 bridgehead atoms. The molecular weight excluding hydrogens is 1260 g/mol. The Hall–Kier alpha value is -9.66. The molecule has 0 unspecified atom stereocenters. The van der Waals surface area contributed by atoms with Gasteiger partial charge in [0.25, 0.3) is 29.5 Å². The van der Waals surface area contributed by atoms with Gasteiger partial charge in [0.15, 0.2) is 17.3 Å². The first kappa shape index (κ1) is 78.4. The normalized spacial score (nSPS) is 12.2. The van der Waals surface area contributed by atoms with Crippen molar-refractivity contribution in [2.45, 2.75) is 26.2 Å². The summed E-state index contributed by atoms with van der Waals surface area (Å²) in [4.78, 5) is 116. The Balaban J connectivity index is 0.000000576. The molecule has 6 heterocycles. The van der Waals surface area contributed by atoms with E-state index in [1.165, 1.54) is 100 Å². The van der Waals surface area contributed by atoms with E-state index < -0.39 is 83.0 Å². The van der Waals surface area contributed by atoms with E-state index in [0.29, 0.717) is 39.4 Å². The molecule has 492 valence electrons. The van der Waals surface area contributed by atoms with Gasteiger partial charge in [0.1, 0.15) is 13.1 Å². The standard InChI is InChI=1S/C19H18F3N3O4.C12H13F3N2O.C9H11NO4.C7H7NO4.C5H4O3.C4H9NO2.2ClH/c20-19(21,22)14-5-2-1-4-13(14)18(28)25-9-7-24(8-10-25)16(26)12-23-17(27)15-6-3-11-29-15;13-12(14,15)10-4-2-1-3-9(10)11(18)17-7-5-16-6-8-17;1-2-13-8(11)6-10-9(12)7-4-3-5-14-7;9-6(10)4-8-7(11)5-2-1-3-12-5;6-5(7)4-2-1-3-8-4;1-2-7-4(6)3-5;;/h1-6,11H,7-10,12H2,(H,23,27);1-4,16H,5-8H2;3-5H,2,6H2,1H3,(H,10,12);1-3H,4H2,(H,8,11)(H,9,10);1-3H,(H,6,7);2-3,5H2,1H3;2*1H. The van der Waals surface area contributed by atoms with Gasteiger partial charge in [-0.05, 0) is 86.6 Å². The first-order valence-corrected chi connectivity index (χ1v) is 26.2. The third-order valence-electron chi connectivity index (χ3n) is 11.2. The van der Waals surface area contributed by atoms with E-state index in [2.05, 4.69) is 35.2 Å². The maximum Gasteiger partial charge on any atom is 0.417 e. The molecule has 90 heavy (non-hydrogen) atoms. The van der Waals surface area contributed by atoms with E-state index in [1.54, 1.807) is 32.0 Å². The van der Waals surface area contributed by atoms with Crippen molar-refractivity contribution in [3.05, 3.63) is 167 Å². The summed E-state index contributed by atoms with van der Waals surface area (Å²) < 4.78 is 106. The highest BCUT2D eigenvalue weighted by molar-refractivity contribution is 5.98. The van der Waals surface area contributed by atoms with Gasteiger partial charge in [-0.1, -0.05) is 24.3 Å². The molecule has 8 N–H and O–H groups in total. The Kier molecular flexibility index (Phi) is 35.5. The molecule has 2 fully saturated rings. The van der Waals surface area contributed by atoms with E-state index in [-0.39, 0.29) is 111 Å². The molecule has 0 atom stereocenters. The molecule has 4 aromatic heterocycles. The number of piperazine rings is 2. The fourth-order valence-electron chi connectivity index (χ4n) is 7.09. The van der Waals surface area contributed by atoms with Gasteiger partial charge in [-0.15, -0.1) is 24.8 Å². The van der Waals surface area contributed by atoms with Crippen molar-refractivity contribution in [2.24, 2.45) is 5.73 Å². The molecule has 26 nitrogen and oxygen atoms in total. The third-order valence-corrected chi connectivity index (χ3v) is 11.2. The number of nitrogens with one attached hydrogen (secondary N) is 4. The minimum atomic E-state index is -4.63. The van der Waals surface area contributed by atoms with Crippen LogP contribution in [-0.2, 0) is 41.0 Å². The quantitative estimate of drug-likeness (QED) is 0.0474. The van der Waals surface area contributed by atoms with Crippen LogP contribution in [0.1, 0.15) is 87.9 Å². The summed E-state index contributed by atoms with van der Waals surface area (Å²) in [7, 11) is 0. The van der Waals surface area contributed by atoms with E-state index in [4.69, 9.17) is 29.2 Å². The van der Waals surface area contributed by atoms with Crippen LogP contribution in [0.2, 0.25) is 0 Å². The van der Waals surface area contributed by atoms with Gasteiger partial charge in [-0.3, -0.25) is 43.2 Å². The monoisotopic (exact) mass is 1320 g/mol. The smallest absolute Gasteiger partial charge is 0.417 e. The third kappa shape index (κ3) is 28.0. The molecule has 0 radical (unpaired) electrons. The number of ether oxygens (including phenoxy) is 2. The fourth-order valence-corrected chi connectivity index (χ4v) is 7.09. The van der Waals surface area contributed by atoms with E-state index >= 15 is 0 Å². The van der Waals surface area contributed by atoms with Crippen LogP contribution in [0, 0.1) is 0 Å². The second kappa shape index (κ2) is 40.7. The molecule has 6 amide bonds. The van der Waals surface area contributed by atoms with Crippen LogP contribution in [-0.4, -0.2) is 176 Å². The van der Waals surface area contributed by atoms with Crippen molar-refractivity contribution in [1.82, 2.24) is 36.0 Å². The minimum Gasteiger partial charge on any atom is -0.480 e. The number of aliphatic carboxylic acids is 1. The van der Waals surface area contributed by atoms with Crippen molar-refractivity contribution < 1.29 is 112 Å². The Morgan fingerprint density at radius 1 is 0.500 bits per heavy atom. The molecule has 6 aromatic rings. The number of carbonyl (C=O) groups excluding carboxylic acids is 8. The lowest BCUT2D eigenvalue weighted by molar-refractivity contribution is -0.142. The number of carboxylic acids is 2. The zero-order valence-corrected chi connectivity index (χ0v) is 49.5. The average molecular weight is 1320 g/mol. The van der Waals surface area contributed by atoms with Gasteiger partial charge in [0.2, 0.25) is 11.7 Å². The first-order chi connectivity index (χ1) is 41.8. The van der Waals surface area contributed by atoms with Crippen LogP contribution in [0.3, 0.4) is 0 Å². The maximum atomic E-state index is 13.1. The second-order valence-electron chi connectivity index (χ2n) is 17.3. The number of benzene rings is 2. The average Bonchev–Trinajstić information content (AvgIpc) is 2.65. The maximum absolute atomic E-state index is 13.1. The highest BCUT2D eigenvalue weighted by Crippen LogP contribution is 2.33. The summed E-state index contributed by atoms with van der Waals surface area (Å²) in [6.07, 6.45) is -3.74. The number of rotatable bonds is 15. The number of carboxylic acid groups (broad SMARTS) is 2. The number of esters is 2. The van der Waals surface area contributed by atoms with Crippen LogP contribution >= 0.6 is 24.8 Å². The Morgan fingerprint density at radius 2 is 0.856 bits per heavy atom. The molecular formula is C56H64Cl2F6N8O18. The molecule has 0 saturated carbocycles. The number of carbonyl (C=O) groups is 10. The summed E-state index contributed by atoms with van der Waals surface area (Å²) in [6, 6.07) is 21.6. The summed E-state index contributed by atoms with van der Waals surface area (Å²) in [5.74, 6) is -5.70. The fraction of sp³-hybridized carbons (Fsp3) is 0.321. The van der Waals surface area contributed by atoms with Crippen LogP contribution in [0.5, 0.6) is 0 Å². The molecule has 34 heteroatoms. The number of halogens is 8. The molecule has 2 saturated heterocycles. The Labute approximate surface area is 521 Å². The second-order valence-corrected chi connectivity index (χ2v) is 17.3. The summed E-state index contributed by atoms with van der Waals surface area (Å²) in [5.41, 5.74) is 2.35. The van der Waals surface area contributed by atoms with E-state index in [0.717, 1.165) is 18.2 Å². The molecule has 2 aliphatic heterocycles. The van der Waals surface area contributed by atoms with Gasteiger partial charge >= 0.3 is 36.2 Å². The van der Waals surface area contributed by atoms with Crippen molar-refractivity contribution in [2.75, 3.05) is 91.8 Å². The largest absolute Gasteiger partial charge is 0.480 e. The molecule has 0 aliphatic carbocycles. The number of alkyl halides is 6. The van der Waals surface area contributed by atoms with Gasteiger partial charge in [-0.2, -0.15) is 26.3 Å². The summed E-state index contributed by atoms with van der Waals surface area (Å²) in [5, 5.41) is 26.4. The van der Waals surface area contributed by atoms with Crippen LogP contribution < -0.4 is 27.0 Å². The SMILES string of the molecule is CCOC(=O)CN.CCOC(=O)CNC(=O)c1ccco1.Cl.Cl.O=C(NCC(=O)N1CCN(C(=O)c2ccccc2C(F)(F)F)CC1)c1ccco1.O=C(O)CNC(=O)c1ccco1.O=C(O)c1ccco1.O=C(c1ccccc1C(F)(F)F)N1CCNCC1.